The van der Waals surface area contributed by atoms with E-state index in [1.807, 2.05) is 0 Å². The van der Waals surface area contributed by atoms with Gasteiger partial charge in [0.25, 0.3) is 11.6 Å². The van der Waals surface area contributed by atoms with Gasteiger partial charge in [-0.25, -0.2) is 0 Å². The number of nitrogens with zero attached hydrogens (tertiary/aromatic N) is 1. The molecule has 1 aliphatic heterocycles. The van der Waals surface area contributed by atoms with Crippen molar-refractivity contribution in [2.45, 2.75) is 0 Å². The van der Waals surface area contributed by atoms with Crippen LogP contribution in [0.15, 0.2) is 36.3 Å². The number of nitro benzene ring substituents is 1. The predicted molar refractivity (Wildman–Crippen MR) is 61.7 cm³/mol. The SMILES string of the molecule is O=C(Nc1cccc([N+](=O)[O-])c1)C1=COCCO1. The summed E-state index contributed by atoms with van der Waals surface area (Å²) in [6.45, 7) is 0.696. The third-order valence-electron chi connectivity index (χ3n) is 2.19. The van der Waals surface area contributed by atoms with Crippen molar-refractivity contribution in [3.8, 4) is 0 Å². The van der Waals surface area contributed by atoms with Crippen LogP contribution in [-0.4, -0.2) is 24.0 Å². The molecular formula is C11H10N2O5. The van der Waals surface area contributed by atoms with E-state index in [1.54, 1.807) is 6.07 Å². The van der Waals surface area contributed by atoms with Crippen LogP contribution < -0.4 is 5.32 Å². The van der Waals surface area contributed by atoms with Gasteiger partial charge in [0, 0.05) is 17.8 Å². The molecular weight excluding hydrogens is 240 g/mol. The lowest BCUT2D eigenvalue weighted by Crippen LogP contribution is -2.21. The molecule has 1 heterocycles. The van der Waals surface area contributed by atoms with Gasteiger partial charge in [0.2, 0.25) is 5.76 Å². The van der Waals surface area contributed by atoms with Gasteiger partial charge in [0.15, 0.2) is 0 Å². The second-order valence-corrected chi connectivity index (χ2v) is 3.46. The smallest absolute Gasteiger partial charge is 0.294 e. The third-order valence-corrected chi connectivity index (χ3v) is 2.19. The Labute approximate surface area is 102 Å². The molecule has 7 heteroatoms. The second kappa shape index (κ2) is 5.17. The molecule has 0 saturated carbocycles. The van der Waals surface area contributed by atoms with Gasteiger partial charge in [-0.05, 0) is 6.07 Å². The average Bonchev–Trinajstić information content (AvgIpc) is 2.40. The molecule has 0 saturated heterocycles. The Hall–Kier alpha value is -2.57. The van der Waals surface area contributed by atoms with E-state index in [0.29, 0.717) is 18.9 Å². The van der Waals surface area contributed by atoms with Crippen LogP contribution in [0, 0.1) is 10.1 Å². The first-order chi connectivity index (χ1) is 8.66. The maximum atomic E-state index is 11.7. The summed E-state index contributed by atoms with van der Waals surface area (Å²) in [7, 11) is 0. The summed E-state index contributed by atoms with van der Waals surface area (Å²) in [6, 6.07) is 5.65. The molecule has 1 aromatic carbocycles. The molecule has 0 bridgehead atoms. The number of hydrogen-bond donors (Lipinski definition) is 1. The Morgan fingerprint density at radius 2 is 2.22 bits per heavy atom. The Kier molecular flexibility index (Phi) is 3.42. The molecule has 0 radical (unpaired) electrons. The van der Waals surface area contributed by atoms with Crippen LogP contribution in [0.25, 0.3) is 0 Å². The number of ether oxygens (including phenoxy) is 2. The zero-order valence-electron chi connectivity index (χ0n) is 9.29. The first-order valence-corrected chi connectivity index (χ1v) is 5.17. The average molecular weight is 250 g/mol. The van der Waals surface area contributed by atoms with Gasteiger partial charge in [0.05, 0.1) is 4.92 Å². The fourth-order valence-electron chi connectivity index (χ4n) is 1.38. The van der Waals surface area contributed by atoms with E-state index in [2.05, 4.69) is 5.32 Å². The van der Waals surface area contributed by atoms with Crippen molar-refractivity contribution in [2.24, 2.45) is 0 Å². The Bertz CT molecular complexity index is 512. The maximum Gasteiger partial charge on any atom is 0.294 e. The molecule has 1 N–H and O–H groups in total. The van der Waals surface area contributed by atoms with Crippen molar-refractivity contribution in [3.63, 3.8) is 0 Å². The molecule has 1 aromatic rings. The molecule has 0 fully saturated rings. The molecule has 7 nitrogen and oxygen atoms in total. The molecule has 0 aliphatic carbocycles. The standard InChI is InChI=1S/C11H10N2O5/c14-11(10-7-17-4-5-18-10)12-8-2-1-3-9(6-8)13(15)16/h1-3,6-7H,4-5H2,(H,12,14). The van der Waals surface area contributed by atoms with Crippen LogP contribution in [0.1, 0.15) is 0 Å². The van der Waals surface area contributed by atoms with E-state index in [9.17, 15) is 14.9 Å². The Morgan fingerprint density at radius 1 is 1.39 bits per heavy atom. The van der Waals surface area contributed by atoms with Crippen LogP contribution in [0.4, 0.5) is 11.4 Å². The predicted octanol–water partition coefficient (Wildman–Crippen LogP) is 1.42. The number of anilines is 1. The normalized spacial score (nSPS) is 13.9. The van der Waals surface area contributed by atoms with Crippen molar-refractivity contribution in [1.82, 2.24) is 0 Å². The maximum absolute atomic E-state index is 11.7. The first kappa shape index (κ1) is 11.9. The Morgan fingerprint density at radius 3 is 2.89 bits per heavy atom. The number of amides is 1. The lowest BCUT2D eigenvalue weighted by atomic mass is 10.3. The molecule has 0 spiro atoms. The molecule has 94 valence electrons. The van der Waals surface area contributed by atoms with Gasteiger partial charge in [-0.3, -0.25) is 14.9 Å². The zero-order chi connectivity index (χ0) is 13.0. The molecule has 18 heavy (non-hydrogen) atoms. The van der Waals surface area contributed by atoms with Gasteiger partial charge >= 0.3 is 0 Å². The van der Waals surface area contributed by atoms with Gasteiger partial charge in [-0.2, -0.15) is 0 Å². The van der Waals surface area contributed by atoms with Gasteiger partial charge in [-0.15, -0.1) is 0 Å². The highest BCUT2D eigenvalue weighted by atomic mass is 16.6. The molecule has 0 unspecified atom stereocenters. The summed E-state index contributed by atoms with van der Waals surface area (Å²) in [5, 5.41) is 13.1. The van der Waals surface area contributed by atoms with E-state index in [-0.39, 0.29) is 11.4 Å². The van der Waals surface area contributed by atoms with Crippen molar-refractivity contribution in [2.75, 3.05) is 18.5 Å². The molecule has 0 aromatic heterocycles. The summed E-state index contributed by atoms with van der Waals surface area (Å²) in [5.41, 5.74) is 0.229. The fourth-order valence-corrected chi connectivity index (χ4v) is 1.38. The number of benzene rings is 1. The number of nitrogens with one attached hydrogen (secondary N) is 1. The number of hydrogen-bond acceptors (Lipinski definition) is 5. The van der Waals surface area contributed by atoms with Crippen LogP contribution in [0.3, 0.4) is 0 Å². The number of carbonyl (C=O) groups excluding carboxylic acids is 1. The molecule has 1 amide bonds. The topological polar surface area (TPSA) is 90.7 Å². The van der Waals surface area contributed by atoms with Crippen molar-refractivity contribution >= 4 is 17.3 Å². The van der Waals surface area contributed by atoms with Crippen LogP contribution in [-0.2, 0) is 14.3 Å². The number of carbonyl (C=O) groups is 1. The fraction of sp³-hybridized carbons (Fsp3) is 0.182. The first-order valence-electron chi connectivity index (χ1n) is 5.17. The van der Waals surface area contributed by atoms with Gasteiger partial charge in [-0.1, -0.05) is 6.07 Å². The minimum Gasteiger partial charge on any atom is -0.494 e. The van der Waals surface area contributed by atoms with Crippen molar-refractivity contribution in [3.05, 3.63) is 46.4 Å². The summed E-state index contributed by atoms with van der Waals surface area (Å²) in [5.74, 6) is -0.456. The number of non-ortho nitro benzene ring substituents is 1. The molecule has 2 rings (SSSR count). The summed E-state index contributed by atoms with van der Waals surface area (Å²) < 4.78 is 10.0. The Balaban J connectivity index is 2.09. The van der Waals surface area contributed by atoms with Crippen LogP contribution >= 0.6 is 0 Å². The highest BCUT2D eigenvalue weighted by Crippen LogP contribution is 2.18. The van der Waals surface area contributed by atoms with E-state index in [4.69, 9.17) is 9.47 Å². The van der Waals surface area contributed by atoms with E-state index >= 15 is 0 Å². The zero-order valence-corrected chi connectivity index (χ0v) is 9.29. The molecule has 0 atom stereocenters. The summed E-state index contributed by atoms with van der Waals surface area (Å²) >= 11 is 0. The van der Waals surface area contributed by atoms with Crippen LogP contribution in [0.5, 0.6) is 0 Å². The van der Waals surface area contributed by atoms with E-state index in [0.717, 1.165) is 0 Å². The van der Waals surface area contributed by atoms with E-state index in [1.165, 1.54) is 24.5 Å². The van der Waals surface area contributed by atoms with Gasteiger partial charge in [0.1, 0.15) is 19.5 Å². The minimum absolute atomic E-state index is 0.0488. The lowest BCUT2D eigenvalue weighted by Gasteiger charge is -2.14. The van der Waals surface area contributed by atoms with Crippen molar-refractivity contribution < 1.29 is 19.2 Å². The second-order valence-electron chi connectivity index (χ2n) is 3.46. The number of rotatable bonds is 3. The van der Waals surface area contributed by atoms with Crippen molar-refractivity contribution in [1.29, 1.82) is 0 Å². The quantitative estimate of drug-likeness (QED) is 0.647. The van der Waals surface area contributed by atoms with E-state index < -0.39 is 10.8 Å². The largest absolute Gasteiger partial charge is 0.494 e. The molecule has 1 aliphatic rings. The minimum atomic E-state index is -0.533. The highest BCUT2D eigenvalue weighted by molar-refractivity contribution is 6.02. The number of nitro groups is 1. The van der Waals surface area contributed by atoms with Gasteiger partial charge < -0.3 is 14.8 Å². The third kappa shape index (κ3) is 2.76. The highest BCUT2D eigenvalue weighted by Gasteiger charge is 2.16. The monoisotopic (exact) mass is 250 g/mol. The van der Waals surface area contributed by atoms with Crippen LogP contribution in [0.2, 0.25) is 0 Å². The lowest BCUT2D eigenvalue weighted by molar-refractivity contribution is -0.384. The summed E-state index contributed by atoms with van der Waals surface area (Å²) in [6.07, 6.45) is 1.22. The summed E-state index contributed by atoms with van der Waals surface area (Å²) in [4.78, 5) is 21.7.